The topological polar surface area (TPSA) is 66.6 Å². The lowest BCUT2D eigenvalue weighted by molar-refractivity contribution is 0.758. The molecule has 2 N–H and O–H groups in total. The van der Waals surface area contributed by atoms with E-state index in [1.165, 1.54) is 17.7 Å². The number of hydrogen-bond donors (Lipinski definition) is 2. The number of aromatic nitrogens is 3. The van der Waals surface area contributed by atoms with E-state index in [0.29, 0.717) is 0 Å². The number of nitrogens with zero attached hydrogens (tertiary/aromatic N) is 4. The number of hydrogen-bond acceptors (Lipinski definition) is 4. The molecule has 0 unspecified atom stereocenters. The Labute approximate surface area is 193 Å². The van der Waals surface area contributed by atoms with Gasteiger partial charge in [0.1, 0.15) is 5.82 Å². The number of halogens is 1. The van der Waals surface area contributed by atoms with Crippen molar-refractivity contribution in [3.8, 4) is 0 Å². The molecule has 4 rings (SSSR count). The highest BCUT2D eigenvalue weighted by atomic mass is 127. The molecular formula is C21H27IN6S. The van der Waals surface area contributed by atoms with E-state index in [-0.39, 0.29) is 28.7 Å². The number of thioether (sulfide) groups is 1. The first-order valence-electron chi connectivity index (χ1n) is 9.83. The number of fused-ring (bicyclic) bond motifs is 1. The van der Waals surface area contributed by atoms with Crippen LogP contribution in [0.4, 0.5) is 0 Å². The molecule has 0 atom stereocenters. The van der Waals surface area contributed by atoms with Crippen molar-refractivity contribution in [2.24, 2.45) is 4.99 Å². The van der Waals surface area contributed by atoms with E-state index >= 15 is 0 Å². The van der Waals surface area contributed by atoms with Crippen molar-refractivity contribution in [1.29, 1.82) is 0 Å². The van der Waals surface area contributed by atoms with Gasteiger partial charge in [0.2, 0.25) is 0 Å². The van der Waals surface area contributed by atoms with E-state index in [1.807, 2.05) is 40.6 Å². The van der Waals surface area contributed by atoms with E-state index in [0.717, 1.165) is 43.5 Å². The van der Waals surface area contributed by atoms with Crippen molar-refractivity contribution >= 4 is 47.3 Å². The Morgan fingerprint density at radius 3 is 2.66 bits per heavy atom. The fourth-order valence-electron chi connectivity index (χ4n) is 3.09. The molecule has 2 aromatic heterocycles. The average molecular weight is 522 g/mol. The van der Waals surface area contributed by atoms with Gasteiger partial charge >= 0.3 is 0 Å². The van der Waals surface area contributed by atoms with Crippen LogP contribution in [0.25, 0.3) is 5.65 Å². The van der Waals surface area contributed by atoms with Crippen LogP contribution in [0.3, 0.4) is 0 Å². The van der Waals surface area contributed by atoms with Gasteiger partial charge < -0.3 is 10.6 Å². The molecule has 6 nitrogen and oxygen atoms in total. The fourth-order valence-corrected chi connectivity index (χ4v) is 4.32. The normalized spacial score (nSPS) is 15.0. The highest BCUT2D eigenvalue weighted by molar-refractivity contribution is 14.0. The van der Waals surface area contributed by atoms with Crippen molar-refractivity contribution in [1.82, 2.24) is 25.2 Å². The maximum absolute atomic E-state index is 4.86. The van der Waals surface area contributed by atoms with Crippen molar-refractivity contribution in [2.45, 2.75) is 35.8 Å². The molecule has 1 fully saturated rings. The fraction of sp³-hybridized carbons (Fsp3) is 0.381. The summed E-state index contributed by atoms with van der Waals surface area (Å²) in [5.74, 6) is 1.83. The van der Waals surface area contributed by atoms with Gasteiger partial charge in [-0.1, -0.05) is 24.3 Å². The van der Waals surface area contributed by atoms with Gasteiger partial charge in [-0.3, -0.25) is 9.39 Å². The average Bonchev–Trinajstić information content (AvgIpc) is 3.37. The van der Waals surface area contributed by atoms with Crippen molar-refractivity contribution < 1.29 is 0 Å². The Balaban J connectivity index is 0.00000240. The first kappa shape index (κ1) is 21.9. The highest BCUT2D eigenvalue weighted by Gasteiger charge is 2.43. The maximum Gasteiger partial charge on any atom is 0.191 e. The van der Waals surface area contributed by atoms with Crippen LogP contribution in [0.15, 0.2) is 64.6 Å². The van der Waals surface area contributed by atoms with Gasteiger partial charge in [-0.15, -0.1) is 45.9 Å². The van der Waals surface area contributed by atoms with Crippen LogP contribution in [-0.4, -0.2) is 44.9 Å². The summed E-state index contributed by atoms with van der Waals surface area (Å²) in [6.45, 7) is 4.53. The second-order valence-corrected chi connectivity index (χ2v) is 8.56. The molecule has 1 aliphatic rings. The molecule has 1 aromatic carbocycles. The molecule has 0 aliphatic heterocycles. The minimum absolute atomic E-state index is 0. The molecule has 0 saturated heterocycles. The summed E-state index contributed by atoms with van der Waals surface area (Å²) >= 11 is 1.96. The number of benzene rings is 1. The minimum atomic E-state index is 0. The lowest BCUT2D eigenvalue weighted by Crippen LogP contribution is -2.39. The van der Waals surface area contributed by atoms with Crippen LogP contribution in [0.2, 0.25) is 0 Å². The molecule has 29 heavy (non-hydrogen) atoms. The lowest BCUT2D eigenvalue weighted by atomic mass is 10.4. The summed E-state index contributed by atoms with van der Waals surface area (Å²) in [5, 5.41) is 15.3. The molecule has 8 heteroatoms. The molecule has 1 saturated carbocycles. The van der Waals surface area contributed by atoms with E-state index in [4.69, 9.17) is 4.99 Å². The van der Waals surface area contributed by atoms with Gasteiger partial charge in [0.05, 0.1) is 6.54 Å². The summed E-state index contributed by atoms with van der Waals surface area (Å²) in [6, 6.07) is 16.6. The predicted octanol–water partition coefficient (Wildman–Crippen LogP) is 3.77. The third-order valence-corrected chi connectivity index (χ3v) is 6.26. The van der Waals surface area contributed by atoms with E-state index in [1.54, 1.807) is 0 Å². The third-order valence-electron chi connectivity index (χ3n) is 4.78. The Morgan fingerprint density at radius 2 is 1.90 bits per heavy atom. The molecule has 2 heterocycles. The zero-order valence-corrected chi connectivity index (χ0v) is 19.7. The summed E-state index contributed by atoms with van der Waals surface area (Å²) < 4.78 is 2.29. The number of aliphatic imine (C=N–C) groups is 1. The van der Waals surface area contributed by atoms with Crippen LogP contribution < -0.4 is 10.6 Å². The Morgan fingerprint density at radius 1 is 1.10 bits per heavy atom. The van der Waals surface area contributed by atoms with E-state index < -0.39 is 0 Å². The molecule has 154 valence electrons. The molecule has 3 aromatic rings. The van der Waals surface area contributed by atoms with Crippen LogP contribution in [-0.2, 0) is 6.42 Å². The molecule has 0 radical (unpaired) electrons. The number of nitrogens with one attached hydrogen (secondary N) is 2. The second kappa shape index (κ2) is 10.3. The maximum atomic E-state index is 4.86. The monoisotopic (exact) mass is 522 g/mol. The Hall–Kier alpha value is -1.81. The van der Waals surface area contributed by atoms with Crippen LogP contribution in [0, 0.1) is 0 Å². The predicted molar refractivity (Wildman–Crippen MR) is 130 cm³/mol. The van der Waals surface area contributed by atoms with Gasteiger partial charge in [0.25, 0.3) is 0 Å². The van der Waals surface area contributed by atoms with Gasteiger partial charge in [0, 0.05) is 35.3 Å². The first-order chi connectivity index (χ1) is 13.8. The molecule has 0 spiro atoms. The number of pyridine rings is 1. The van der Waals surface area contributed by atoms with Gasteiger partial charge in [-0.05, 0) is 44.0 Å². The van der Waals surface area contributed by atoms with Crippen LogP contribution >= 0.6 is 35.7 Å². The quantitative estimate of drug-likeness (QED) is 0.268. The molecular weight excluding hydrogens is 495 g/mol. The molecule has 0 bridgehead atoms. The SMILES string of the molecule is CCNC(=NCC1(Sc2ccccc2)CC1)NCCc1nnc2ccccn12.I. The van der Waals surface area contributed by atoms with Crippen LogP contribution in [0.5, 0.6) is 0 Å². The van der Waals surface area contributed by atoms with Crippen molar-refractivity contribution in [3.63, 3.8) is 0 Å². The summed E-state index contributed by atoms with van der Waals surface area (Å²) in [7, 11) is 0. The number of guanidine groups is 1. The summed E-state index contributed by atoms with van der Waals surface area (Å²) in [5.41, 5.74) is 0.881. The third kappa shape index (κ3) is 5.85. The largest absolute Gasteiger partial charge is 0.357 e. The second-order valence-electron chi connectivity index (χ2n) is 7.02. The van der Waals surface area contributed by atoms with E-state index in [2.05, 4.69) is 58.1 Å². The molecule has 0 amide bonds. The zero-order chi connectivity index (χ0) is 19.2. The van der Waals surface area contributed by atoms with Crippen LogP contribution in [0.1, 0.15) is 25.6 Å². The standard InChI is InChI=1S/C21H26N6S.HI/c1-2-22-20(23-14-11-19-26-25-18-10-6-7-15-27(18)19)24-16-21(12-13-21)28-17-8-4-3-5-9-17;/h3-10,15H,2,11-14,16H2,1H3,(H2,22,23,24);1H. The van der Waals surface area contributed by atoms with E-state index in [9.17, 15) is 0 Å². The van der Waals surface area contributed by atoms with Crippen molar-refractivity contribution in [2.75, 3.05) is 19.6 Å². The lowest BCUT2D eigenvalue weighted by Gasteiger charge is -2.15. The number of rotatable bonds is 8. The van der Waals surface area contributed by atoms with Gasteiger partial charge in [-0.2, -0.15) is 0 Å². The minimum Gasteiger partial charge on any atom is -0.357 e. The first-order valence-corrected chi connectivity index (χ1v) is 10.6. The van der Waals surface area contributed by atoms with Gasteiger partial charge in [0.15, 0.2) is 11.6 Å². The Kier molecular flexibility index (Phi) is 7.77. The zero-order valence-electron chi connectivity index (χ0n) is 16.5. The highest BCUT2D eigenvalue weighted by Crippen LogP contribution is 2.51. The smallest absolute Gasteiger partial charge is 0.191 e. The molecule has 1 aliphatic carbocycles. The summed E-state index contributed by atoms with van der Waals surface area (Å²) in [6.07, 6.45) is 5.24. The Bertz CT molecular complexity index is 939. The van der Waals surface area contributed by atoms with Crippen molar-refractivity contribution in [3.05, 3.63) is 60.6 Å². The summed E-state index contributed by atoms with van der Waals surface area (Å²) in [4.78, 5) is 6.18. The van der Waals surface area contributed by atoms with Gasteiger partial charge in [-0.25, -0.2) is 0 Å².